The quantitative estimate of drug-likeness (QED) is 0.140. The van der Waals surface area contributed by atoms with Gasteiger partial charge in [0.25, 0.3) is 0 Å². The van der Waals surface area contributed by atoms with Gasteiger partial charge in [-0.05, 0) is 109 Å². The molecule has 0 saturated carbocycles. The molecule has 0 saturated heterocycles. The highest BCUT2D eigenvalue weighted by Crippen LogP contribution is 2.49. The van der Waals surface area contributed by atoms with Gasteiger partial charge in [0.15, 0.2) is 0 Å². The Balaban J connectivity index is 1.13. The number of hydrogen-bond acceptors (Lipinski definition) is 2. The molecule has 0 fully saturated rings. The Morgan fingerprint density at radius 1 is 0.226 bits per heavy atom. The SMILES string of the molecule is Nc1c(-c2ccc(-c3ccccc3)cc2)cc(-c2ccc(N(c3ccccc3)c3ccc(-c4ccccc4)cc3)cc2)c(-c2ccccc2)c1-c1ccc(-c2ccccc2)cc1. The molecule has 0 amide bonds. The summed E-state index contributed by atoms with van der Waals surface area (Å²) in [6.45, 7) is 0. The molecule has 294 valence electrons. The van der Waals surface area contributed by atoms with E-state index in [-0.39, 0.29) is 0 Å². The summed E-state index contributed by atoms with van der Waals surface area (Å²) in [6.07, 6.45) is 0. The summed E-state index contributed by atoms with van der Waals surface area (Å²) in [5, 5.41) is 0. The number of anilines is 4. The summed E-state index contributed by atoms with van der Waals surface area (Å²) >= 11 is 0. The van der Waals surface area contributed by atoms with Crippen molar-refractivity contribution in [2.45, 2.75) is 0 Å². The van der Waals surface area contributed by atoms with Crippen molar-refractivity contribution >= 4 is 22.7 Å². The second-order valence-electron chi connectivity index (χ2n) is 15.5. The third-order valence-electron chi connectivity index (χ3n) is 11.7. The lowest BCUT2D eigenvalue weighted by molar-refractivity contribution is 1.28. The minimum absolute atomic E-state index is 0.748. The van der Waals surface area contributed by atoms with E-state index in [1.54, 1.807) is 0 Å². The largest absolute Gasteiger partial charge is 0.398 e. The Bertz CT molecular complexity index is 3040. The number of nitrogen functional groups attached to an aromatic ring is 1. The second kappa shape index (κ2) is 17.2. The van der Waals surface area contributed by atoms with Crippen LogP contribution in [0.3, 0.4) is 0 Å². The molecule has 0 aromatic heterocycles. The molecule has 62 heavy (non-hydrogen) atoms. The molecular formula is C60H44N2. The molecule has 2 N–H and O–H groups in total. The van der Waals surface area contributed by atoms with E-state index in [0.717, 1.165) is 72.8 Å². The number of benzene rings is 10. The molecule has 0 atom stereocenters. The smallest absolute Gasteiger partial charge is 0.0480 e. The molecular weight excluding hydrogens is 749 g/mol. The van der Waals surface area contributed by atoms with E-state index in [4.69, 9.17) is 5.73 Å². The van der Waals surface area contributed by atoms with Crippen LogP contribution in [-0.4, -0.2) is 0 Å². The Kier molecular flexibility index (Phi) is 10.5. The van der Waals surface area contributed by atoms with E-state index in [9.17, 15) is 0 Å². The first-order valence-corrected chi connectivity index (χ1v) is 21.1. The standard InChI is InChI=1S/C60H44N2/c61-60-57(50-30-26-46(27-31-50)43-16-6-1-7-17-43)42-56(58(51-22-12-4-13-23-51)59(60)52-32-28-47(29-33-52)44-18-8-2-9-19-44)49-36-40-55(41-37-49)62(53-24-14-5-15-25-53)54-38-34-48(35-39-54)45-20-10-3-11-21-45/h1-42H,61H2. The highest BCUT2D eigenvalue weighted by Gasteiger charge is 2.22. The van der Waals surface area contributed by atoms with Gasteiger partial charge >= 0.3 is 0 Å². The van der Waals surface area contributed by atoms with Gasteiger partial charge in [-0.25, -0.2) is 0 Å². The fraction of sp³-hybridized carbons (Fsp3) is 0. The number of nitrogens with zero attached hydrogens (tertiary/aromatic N) is 1. The van der Waals surface area contributed by atoms with Crippen molar-refractivity contribution in [1.29, 1.82) is 0 Å². The summed E-state index contributed by atoms with van der Waals surface area (Å²) < 4.78 is 0. The van der Waals surface area contributed by atoms with Crippen LogP contribution in [0.2, 0.25) is 0 Å². The van der Waals surface area contributed by atoms with Crippen molar-refractivity contribution in [2.24, 2.45) is 0 Å². The van der Waals surface area contributed by atoms with Crippen LogP contribution in [0.5, 0.6) is 0 Å². The maximum atomic E-state index is 7.46. The van der Waals surface area contributed by atoms with E-state index in [0.29, 0.717) is 0 Å². The third-order valence-corrected chi connectivity index (χ3v) is 11.7. The van der Waals surface area contributed by atoms with Crippen LogP contribution in [0.15, 0.2) is 255 Å². The Hall–Kier alpha value is -8.20. The van der Waals surface area contributed by atoms with Gasteiger partial charge in [0.05, 0.1) is 0 Å². The molecule has 10 aromatic carbocycles. The molecule has 0 unspecified atom stereocenters. The highest BCUT2D eigenvalue weighted by molar-refractivity contribution is 6.05. The van der Waals surface area contributed by atoms with E-state index in [1.807, 2.05) is 0 Å². The average molecular weight is 793 g/mol. The fourth-order valence-corrected chi connectivity index (χ4v) is 8.55. The van der Waals surface area contributed by atoms with E-state index in [1.165, 1.54) is 27.8 Å². The first-order chi connectivity index (χ1) is 30.7. The molecule has 0 radical (unpaired) electrons. The number of rotatable bonds is 10. The molecule has 10 rings (SSSR count). The lowest BCUT2D eigenvalue weighted by Crippen LogP contribution is -2.09. The molecule has 0 aliphatic rings. The van der Waals surface area contributed by atoms with Gasteiger partial charge in [-0.3, -0.25) is 0 Å². The van der Waals surface area contributed by atoms with E-state index < -0.39 is 0 Å². The van der Waals surface area contributed by atoms with Gasteiger partial charge in [0.1, 0.15) is 0 Å². The third kappa shape index (κ3) is 7.70. The van der Waals surface area contributed by atoms with Gasteiger partial charge < -0.3 is 10.6 Å². The molecule has 2 heteroatoms. The minimum atomic E-state index is 0.748. The molecule has 0 bridgehead atoms. The van der Waals surface area contributed by atoms with Crippen molar-refractivity contribution in [3.05, 3.63) is 255 Å². The van der Waals surface area contributed by atoms with Crippen LogP contribution in [0.25, 0.3) is 77.9 Å². The predicted octanol–water partition coefficient (Wildman–Crippen LogP) is 16.4. The zero-order valence-corrected chi connectivity index (χ0v) is 34.3. The van der Waals surface area contributed by atoms with Crippen LogP contribution >= 0.6 is 0 Å². The Morgan fingerprint density at radius 3 is 0.935 bits per heavy atom. The van der Waals surface area contributed by atoms with Crippen LogP contribution < -0.4 is 10.6 Å². The van der Waals surface area contributed by atoms with Gasteiger partial charge in [-0.1, -0.05) is 212 Å². The lowest BCUT2D eigenvalue weighted by Gasteiger charge is -2.26. The first-order valence-electron chi connectivity index (χ1n) is 21.1. The Morgan fingerprint density at radius 2 is 0.500 bits per heavy atom. The van der Waals surface area contributed by atoms with Crippen LogP contribution in [-0.2, 0) is 0 Å². The van der Waals surface area contributed by atoms with Gasteiger partial charge in [0, 0.05) is 33.9 Å². The number of hydrogen-bond donors (Lipinski definition) is 1. The van der Waals surface area contributed by atoms with Crippen LogP contribution in [0, 0.1) is 0 Å². The molecule has 2 nitrogen and oxygen atoms in total. The Labute approximate surface area is 364 Å². The maximum Gasteiger partial charge on any atom is 0.0480 e. The van der Waals surface area contributed by atoms with Crippen molar-refractivity contribution in [3.8, 4) is 77.9 Å². The van der Waals surface area contributed by atoms with Crippen molar-refractivity contribution in [2.75, 3.05) is 10.6 Å². The average Bonchev–Trinajstić information content (AvgIpc) is 3.36. The zero-order valence-electron chi connectivity index (χ0n) is 34.3. The summed E-state index contributed by atoms with van der Waals surface area (Å²) in [6, 6.07) is 90.6. The molecule has 0 aliphatic heterocycles. The number of para-hydroxylation sites is 1. The lowest BCUT2D eigenvalue weighted by atomic mass is 9.82. The van der Waals surface area contributed by atoms with Gasteiger partial charge in [-0.2, -0.15) is 0 Å². The van der Waals surface area contributed by atoms with E-state index in [2.05, 4.69) is 260 Å². The summed E-state index contributed by atoms with van der Waals surface area (Å²) in [5.41, 5.74) is 27.1. The molecule has 0 spiro atoms. The fourth-order valence-electron chi connectivity index (χ4n) is 8.55. The second-order valence-corrected chi connectivity index (χ2v) is 15.5. The summed E-state index contributed by atoms with van der Waals surface area (Å²) in [4.78, 5) is 2.32. The topological polar surface area (TPSA) is 29.3 Å². The van der Waals surface area contributed by atoms with Crippen LogP contribution in [0.4, 0.5) is 22.7 Å². The van der Waals surface area contributed by atoms with Gasteiger partial charge in [-0.15, -0.1) is 0 Å². The van der Waals surface area contributed by atoms with Crippen molar-refractivity contribution < 1.29 is 0 Å². The first kappa shape index (κ1) is 38.0. The van der Waals surface area contributed by atoms with Crippen molar-refractivity contribution in [3.63, 3.8) is 0 Å². The summed E-state index contributed by atoms with van der Waals surface area (Å²) in [5.74, 6) is 0. The predicted molar refractivity (Wildman–Crippen MR) is 264 cm³/mol. The van der Waals surface area contributed by atoms with Crippen molar-refractivity contribution in [1.82, 2.24) is 0 Å². The highest BCUT2D eigenvalue weighted by atomic mass is 15.1. The molecule has 0 aliphatic carbocycles. The molecule has 0 heterocycles. The summed E-state index contributed by atoms with van der Waals surface area (Å²) in [7, 11) is 0. The minimum Gasteiger partial charge on any atom is -0.398 e. The monoisotopic (exact) mass is 792 g/mol. The van der Waals surface area contributed by atoms with E-state index >= 15 is 0 Å². The van der Waals surface area contributed by atoms with Crippen LogP contribution in [0.1, 0.15) is 0 Å². The zero-order chi connectivity index (χ0) is 41.7. The number of nitrogens with two attached hydrogens (primary N) is 1. The van der Waals surface area contributed by atoms with Gasteiger partial charge in [0.2, 0.25) is 0 Å². The molecule has 10 aromatic rings. The normalized spacial score (nSPS) is 11.0. The maximum absolute atomic E-state index is 7.46.